The lowest BCUT2D eigenvalue weighted by Gasteiger charge is -2.15. The van der Waals surface area contributed by atoms with Gasteiger partial charge in [0.2, 0.25) is 0 Å². The second kappa shape index (κ2) is 8.85. The van der Waals surface area contributed by atoms with Crippen LogP contribution in [0.5, 0.6) is 5.75 Å². The zero-order chi connectivity index (χ0) is 15.8. The summed E-state index contributed by atoms with van der Waals surface area (Å²) in [6.07, 6.45) is 4.95. The lowest BCUT2D eigenvalue weighted by molar-refractivity contribution is -0.117. The molecule has 0 amide bonds. The monoisotopic (exact) mass is 311 g/mol. The Hall–Kier alpha value is -1.33. The minimum absolute atomic E-state index is 0.0132. The van der Waals surface area contributed by atoms with Crippen LogP contribution >= 0.6 is 11.9 Å². The van der Waals surface area contributed by atoms with Crippen molar-refractivity contribution >= 4 is 23.8 Å². The van der Waals surface area contributed by atoms with Crippen LogP contribution in [0.25, 0.3) is 6.08 Å². The lowest BCUT2D eigenvalue weighted by atomic mass is 10.1. The maximum Gasteiger partial charge on any atom is 0.158 e. The highest BCUT2D eigenvalue weighted by atomic mass is 32.2. The molecule has 1 aromatic carbocycles. The summed E-state index contributed by atoms with van der Waals surface area (Å²) in [5, 5.41) is 0. The second-order valence-corrected chi connectivity index (χ2v) is 5.79. The van der Waals surface area contributed by atoms with E-state index in [1.54, 1.807) is 12.1 Å². The number of hydrogen-bond acceptors (Lipinski definition) is 4. The molecule has 0 aliphatic carbocycles. The van der Waals surface area contributed by atoms with Gasteiger partial charge in [0.05, 0.1) is 0 Å². The Labute approximate surface area is 130 Å². The standard InChI is InChI=1S/C16H22FNO2S/c1-11(2)16(19)6-5-13-7-14(17)9-15(8-13)20-12(3)10-18-21-4/h5-9,11-12,18H,10H2,1-4H3/b6-5+/t12-/m1/s1. The fourth-order valence-corrected chi connectivity index (χ4v) is 2.00. The SMILES string of the molecule is CSNC[C@@H](C)Oc1cc(F)cc(/C=C/C(=O)C(C)C)c1. The van der Waals surface area contributed by atoms with E-state index in [4.69, 9.17) is 4.74 Å². The zero-order valence-electron chi connectivity index (χ0n) is 12.9. The number of nitrogens with one attached hydrogen (secondary N) is 1. The molecule has 0 aliphatic rings. The van der Waals surface area contributed by atoms with Gasteiger partial charge in [-0.3, -0.25) is 9.52 Å². The van der Waals surface area contributed by atoms with Crippen LogP contribution in [0.1, 0.15) is 26.3 Å². The molecule has 116 valence electrons. The highest BCUT2D eigenvalue weighted by Gasteiger charge is 2.07. The summed E-state index contributed by atoms with van der Waals surface area (Å²) < 4.78 is 22.3. The molecule has 0 spiro atoms. The second-order valence-electron chi connectivity index (χ2n) is 5.09. The Morgan fingerprint density at radius 1 is 1.38 bits per heavy atom. The third-order valence-corrected chi connectivity index (χ3v) is 3.21. The van der Waals surface area contributed by atoms with E-state index < -0.39 is 0 Å². The smallest absolute Gasteiger partial charge is 0.158 e. The van der Waals surface area contributed by atoms with Gasteiger partial charge < -0.3 is 4.74 Å². The van der Waals surface area contributed by atoms with E-state index in [1.165, 1.54) is 30.2 Å². The van der Waals surface area contributed by atoms with Crippen LogP contribution < -0.4 is 9.46 Å². The molecule has 1 rings (SSSR count). The Morgan fingerprint density at radius 3 is 2.71 bits per heavy atom. The highest BCUT2D eigenvalue weighted by Crippen LogP contribution is 2.19. The summed E-state index contributed by atoms with van der Waals surface area (Å²) in [6, 6.07) is 4.45. The quantitative estimate of drug-likeness (QED) is 0.587. The van der Waals surface area contributed by atoms with Gasteiger partial charge in [0.15, 0.2) is 5.78 Å². The predicted octanol–water partition coefficient (Wildman–Crippen LogP) is 3.70. The average molecular weight is 311 g/mol. The highest BCUT2D eigenvalue weighted by molar-refractivity contribution is 7.96. The van der Waals surface area contributed by atoms with Gasteiger partial charge in [-0.1, -0.05) is 31.9 Å². The van der Waals surface area contributed by atoms with E-state index in [-0.39, 0.29) is 23.6 Å². The van der Waals surface area contributed by atoms with Crippen molar-refractivity contribution in [3.8, 4) is 5.75 Å². The topological polar surface area (TPSA) is 38.3 Å². The average Bonchev–Trinajstić information content (AvgIpc) is 2.41. The number of halogens is 1. The van der Waals surface area contributed by atoms with Crippen LogP contribution in [0.3, 0.4) is 0 Å². The fourth-order valence-electron chi connectivity index (χ4n) is 1.59. The number of rotatable bonds is 8. The molecule has 1 atom stereocenters. The summed E-state index contributed by atoms with van der Waals surface area (Å²) in [5.74, 6) is 0.0265. The first-order chi connectivity index (χ1) is 9.92. The molecule has 0 radical (unpaired) electrons. The van der Waals surface area contributed by atoms with E-state index in [9.17, 15) is 9.18 Å². The molecule has 5 heteroatoms. The molecule has 0 aromatic heterocycles. The number of hydrogen-bond donors (Lipinski definition) is 1. The summed E-state index contributed by atoms with van der Waals surface area (Å²) in [5.41, 5.74) is 0.615. The Bertz CT molecular complexity index is 503. The van der Waals surface area contributed by atoms with Crippen molar-refractivity contribution in [3.63, 3.8) is 0 Å². The number of allylic oxidation sites excluding steroid dienone is 1. The molecule has 0 unspecified atom stereocenters. The van der Waals surface area contributed by atoms with E-state index in [2.05, 4.69) is 4.72 Å². The minimum atomic E-state index is -0.380. The lowest BCUT2D eigenvalue weighted by Crippen LogP contribution is -2.24. The third kappa shape index (κ3) is 6.78. The summed E-state index contributed by atoms with van der Waals surface area (Å²) in [6.45, 7) is 6.22. The number of carbonyl (C=O) groups is 1. The van der Waals surface area contributed by atoms with Crippen LogP contribution in [-0.2, 0) is 4.79 Å². The van der Waals surface area contributed by atoms with Crippen molar-refractivity contribution < 1.29 is 13.9 Å². The Balaban J connectivity index is 2.77. The van der Waals surface area contributed by atoms with Crippen LogP contribution in [0.15, 0.2) is 24.3 Å². The molecule has 0 heterocycles. The molecule has 0 saturated heterocycles. The van der Waals surface area contributed by atoms with Crippen LogP contribution in [0.4, 0.5) is 4.39 Å². The summed E-state index contributed by atoms with van der Waals surface area (Å²) >= 11 is 1.51. The Morgan fingerprint density at radius 2 is 2.10 bits per heavy atom. The van der Waals surface area contributed by atoms with Gasteiger partial charge in [-0.25, -0.2) is 4.39 Å². The fraction of sp³-hybridized carbons (Fsp3) is 0.438. The molecule has 1 aromatic rings. The third-order valence-electron chi connectivity index (χ3n) is 2.76. The number of benzene rings is 1. The van der Waals surface area contributed by atoms with Gasteiger partial charge in [-0.2, -0.15) is 0 Å². The molecule has 0 aliphatic heterocycles. The van der Waals surface area contributed by atoms with Gasteiger partial charge in [0.25, 0.3) is 0 Å². The van der Waals surface area contributed by atoms with Gasteiger partial charge in [-0.15, -0.1) is 0 Å². The first-order valence-electron chi connectivity index (χ1n) is 6.87. The first-order valence-corrected chi connectivity index (χ1v) is 8.10. The molecule has 0 saturated carbocycles. The first kappa shape index (κ1) is 17.7. The largest absolute Gasteiger partial charge is 0.489 e. The molecule has 0 bridgehead atoms. The van der Waals surface area contributed by atoms with Crippen molar-refractivity contribution in [1.29, 1.82) is 0 Å². The number of ether oxygens (including phenoxy) is 1. The maximum atomic E-state index is 13.6. The van der Waals surface area contributed by atoms with Crippen LogP contribution in [0, 0.1) is 11.7 Å². The predicted molar refractivity (Wildman–Crippen MR) is 86.9 cm³/mol. The normalized spacial score (nSPS) is 12.9. The van der Waals surface area contributed by atoms with Gasteiger partial charge in [0, 0.05) is 18.5 Å². The minimum Gasteiger partial charge on any atom is -0.489 e. The maximum absolute atomic E-state index is 13.6. The van der Waals surface area contributed by atoms with Crippen LogP contribution in [-0.4, -0.2) is 24.7 Å². The molecule has 1 N–H and O–H groups in total. The van der Waals surface area contributed by atoms with Crippen LogP contribution in [0.2, 0.25) is 0 Å². The van der Waals surface area contributed by atoms with E-state index in [1.807, 2.05) is 27.0 Å². The van der Waals surface area contributed by atoms with Gasteiger partial charge >= 0.3 is 0 Å². The van der Waals surface area contributed by atoms with E-state index in [0.717, 1.165) is 0 Å². The van der Waals surface area contributed by atoms with Crippen molar-refractivity contribution in [2.24, 2.45) is 5.92 Å². The van der Waals surface area contributed by atoms with Crippen molar-refractivity contribution in [2.75, 3.05) is 12.8 Å². The zero-order valence-corrected chi connectivity index (χ0v) is 13.7. The molecular weight excluding hydrogens is 289 g/mol. The number of carbonyl (C=O) groups excluding carboxylic acids is 1. The van der Waals surface area contributed by atoms with Gasteiger partial charge in [0.1, 0.15) is 17.7 Å². The Kier molecular flexibility index (Phi) is 7.47. The van der Waals surface area contributed by atoms with Gasteiger partial charge in [-0.05, 0) is 37.0 Å². The van der Waals surface area contributed by atoms with E-state index in [0.29, 0.717) is 17.9 Å². The van der Waals surface area contributed by atoms with Crippen molar-refractivity contribution in [3.05, 3.63) is 35.7 Å². The molecule has 3 nitrogen and oxygen atoms in total. The van der Waals surface area contributed by atoms with Crippen molar-refractivity contribution in [1.82, 2.24) is 4.72 Å². The summed E-state index contributed by atoms with van der Waals surface area (Å²) in [7, 11) is 0. The molecule has 21 heavy (non-hydrogen) atoms. The summed E-state index contributed by atoms with van der Waals surface area (Å²) in [4.78, 5) is 11.6. The molecular formula is C16H22FNO2S. The number of ketones is 1. The van der Waals surface area contributed by atoms with E-state index >= 15 is 0 Å². The molecule has 0 fully saturated rings. The van der Waals surface area contributed by atoms with Crippen molar-refractivity contribution in [2.45, 2.75) is 26.9 Å².